The van der Waals surface area contributed by atoms with Crippen molar-refractivity contribution in [2.75, 3.05) is 7.11 Å². The molecule has 7 rings (SSSR count). The molecule has 2 aliphatic carbocycles. The van der Waals surface area contributed by atoms with E-state index in [4.69, 9.17) is 14.5 Å². The highest BCUT2D eigenvalue weighted by atomic mass is 32.2. The Morgan fingerprint density at radius 3 is 2.61 bits per heavy atom. The van der Waals surface area contributed by atoms with E-state index in [-0.39, 0.29) is 19.3 Å². The Bertz CT molecular complexity index is 2090. The molecule has 5 aliphatic rings. The predicted molar refractivity (Wildman–Crippen MR) is 209 cm³/mol. The fourth-order valence-corrected chi connectivity index (χ4v) is 10.4. The van der Waals surface area contributed by atoms with Crippen molar-refractivity contribution in [3.05, 3.63) is 41.6 Å². The first kappa shape index (κ1) is 39.8. The van der Waals surface area contributed by atoms with Crippen LogP contribution in [0.1, 0.15) is 110 Å². The number of nitrogens with one attached hydrogen (secondary N) is 2. The Balaban J connectivity index is 1.30. The maximum Gasteiger partial charge on any atom is 0.408 e. The summed E-state index contributed by atoms with van der Waals surface area (Å²) in [5.74, 6) is -1.11. The van der Waals surface area contributed by atoms with Gasteiger partial charge in [0.25, 0.3) is 5.91 Å². The topological polar surface area (TPSA) is 185 Å². The number of carbonyl (C=O) groups is 4. The lowest BCUT2D eigenvalue weighted by Gasteiger charge is -2.42. The number of carboxylic acid groups (broad SMARTS) is 1. The SMILES string of the molecule is CCC(C)N(C(=O)O)[C@H]1CCCCC/C=C\[C@@H]2C[C@@]2(C(=O)NS(=O)(=O)C2(C)CC2)NC(=O)[C@@H]2C[C@]3(CCc4c(c(C)nc5ccc(OC)cc45)O3)C(C)N2C1=O. The summed E-state index contributed by atoms with van der Waals surface area (Å²) in [6.07, 6.45) is 8.27. The molecular weight excluding hydrogens is 739 g/mol. The Morgan fingerprint density at radius 2 is 1.93 bits per heavy atom. The van der Waals surface area contributed by atoms with Crippen molar-refractivity contribution in [2.24, 2.45) is 5.92 Å². The quantitative estimate of drug-likeness (QED) is 0.317. The molecule has 2 unspecified atom stereocenters. The molecule has 4 heterocycles. The highest BCUT2D eigenvalue weighted by Crippen LogP contribution is 2.50. The number of allylic oxidation sites excluding steroid dienone is 1. The van der Waals surface area contributed by atoms with Crippen LogP contribution in [0.5, 0.6) is 11.5 Å². The van der Waals surface area contributed by atoms with Crippen molar-refractivity contribution < 1.29 is 42.2 Å². The third-order valence-electron chi connectivity index (χ3n) is 13.4. The molecule has 3 aliphatic heterocycles. The molecule has 56 heavy (non-hydrogen) atoms. The summed E-state index contributed by atoms with van der Waals surface area (Å²) in [5, 5.41) is 14.4. The minimum Gasteiger partial charge on any atom is -0.497 e. The molecule has 4 amide bonds. The number of methoxy groups -OCH3 is 1. The molecule has 3 fully saturated rings. The van der Waals surface area contributed by atoms with E-state index < -0.39 is 79.8 Å². The van der Waals surface area contributed by atoms with Gasteiger partial charge in [0.05, 0.1) is 29.1 Å². The van der Waals surface area contributed by atoms with E-state index in [1.54, 1.807) is 21.0 Å². The standard InChI is InChI=1S/C41H55N5O9S/c1-7-24(2)45(38(50)51)32-14-12-10-8-9-11-13-27-22-41(27,37(49)44-56(52,53)39(5)19-20-39)43-35(47)33-23-40(26(4)46(33)36(32)48)18-17-29-30-21-28(54-6)15-16-31(30)42-25(3)34(29)55-40/h11,13,15-16,21,24,26-27,32-33H,7-10,12,14,17-20,22-23H2,1-6H3,(H,43,47)(H,44,49)(H,50,51)/b13-11-/t24?,26?,27-,32+,33+,40-,41-/m1/s1. The third-order valence-corrected chi connectivity index (χ3v) is 15.5. The lowest BCUT2D eigenvalue weighted by atomic mass is 9.83. The summed E-state index contributed by atoms with van der Waals surface area (Å²) in [7, 11) is -2.41. The average Bonchev–Trinajstić information content (AvgIpc) is 4.07. The van der Waals surface area contributed by atoms with Gasteiger partial charge in [-0.3, -0.25) is 24.0 Å². The molecule has 1 saturated heterocycles. The van der Waals surface area contributed by atoms with Crippen LogP contribution >= 0.6 is 0 Å². The van der Waals surface area contributed by atoms with Crippen LogP contribution in [0, 0.1) is 12.8 Å². The number of rotatable bonds is 7. The first-order valence-corrected chi connectivity index (χ1v) is 21.5. The van der Waals surface area contributed by atoms with Crippen LogP contribution in [0.25, 0.3) is 10.9 Å². The highest BCUT2D eigenvalue weighted by Gasteiger charge is 2.65. The molecule has 2 saturated carbocycles. The van der Waals surface area contributed by atoms with E-state index >= 15 is 4.79 Å². The first-order valence-electron chi connectivity index (χ1n) is 20.1. The molecule has 1 aromatic carbocycles. The van der Waals surface area contributed by atoms with Gasteiger partial charge in [-0.05, 0) is 104 Å². The van der Waals surface area contributed by atoms with Gasteiger partial charge in [0.2, 0.25) is 21.8 Å². The largest absolute Gasteiger partial charge is 0.497 e. The van der Waals surface area contributed by atoms with Crippen LogP contribution in [0.15, 0.2) is 30.4 Å². The van der Waals surface area contributed by atoms with Crippen molar-refractivity contribution in [3.8, 4) is 11.5 Å². The van der Waals surface area contributed by atoms with Crippen LogP contribution < -0.4 is 19.5 Å². The fourth-order valence-electron chi connectivity index (χ4n) is 9.13. The highest BCUT2D eigenvalue weighted by molar-refractivity contribution is 7.91. The molecule has 2 aromatic rings. The predicted octanol–water partition coefficient (Wildman–Crippen LogP) is 5.15. The van der Waals surface area contributed by atoms with Crippen molar-refractivity contribution in [1.29, 1.82) is 0 Å². The molecule has 1 aromatic heterocycles. The Morgan fingerprint density at radius 1 is 1.18 bits per heavy atom. The summed E-state index contributed by atoms with van der Waals surface area (Å²) in [4.78, 5) is 64.5. The van der Waals surface area contributed by atoms with Crippen molar-refractivity contribution in [1.82, 2.24) is 24.8 Å². The molecule has 1 spiro atoms. The van der Waals surface area contributed by atoms with Crippen LogP contribution in [-0.2, 0) is 30.8 Å². The number of hydrogen-bond donors (Lipinski definition) is 3. The number of aryl methyl sites for hydroxylation is 2. The Labute approximate surface area is 328 Å². The second kappa shape index (κ2) is 14.5. The minimum absolute atomic E-state index is 0.0679. The number of amides is 4. The average molecular weight is 794 g/mol. The van der Waals surface area contributed by atoms with E-state index in [1.807, 2.05) is 51.1 Å². The molecule has 304 valence electrons. The Hall–Kier alpha value is -4.40. The summed E-state index contributed by atoms with van der Waals surface area (Å²) in [5.41, 5.74) is -0.206. The van der Waals surface area contributed by atoms with Gasteiger partial charge >= 0.3 is 6.09 Å². The van der Waals surface area contributed by atoms with Gasteiger partial charge in [-0.1, -0.05) is 31.9 Å². The first-order chi connectivity index (χ1) is 26.5. The Kier molecular flexibility index (Phi) is 10.3. The zero-order valence-electron chi connectivity index (χ0n) is 33.2. The van der Waals surface area contributed by atoms with Crippen molar-refractivity contribution in [2.45, 2.75) is 152 Å². The van der Waals surface area contributed by atoms with Gasteiger partial charge in [0.15, 0.2) is 0 Å². The number of pyridine rings is 1. The molecule has 15 heteroatoms. The number of sulfonamides is 1. The van der Waals surface area contributed by atoms with E-state index in [0.29, 0.717) is 62.1 Å². The molecule has 0 radical (unpaired) electrons. The number of hydrogen-bond acceptors (Lipinski definition) is 9. The van der Waals surface area contributed by atoms with Crippen molar-refractivity contribution >= 4 is 44.7 Å². The van der Waals surface area contributed by atoms with E-state index in [9.17, 15) is 27.9 Å². The number of carbonyl (C=O) groups excluding carboxylic acids is 3. The van der Waals surface area contributed by atoms with E-state index in [2.05, 4.69) is 10.0 Å². The minimum atomic E-state index is -4.01. The van der Waals surface area contributed by atoms with Gasteiger partial charge in [0.1, 0.15) is 34.7 Å². The van der Waals surface area contributed by atoms with Crippen LogP contribution in [0.3, 0.4) is 0 Å². The van der Waals surface area contributed by atoms with Crippen LogP contribution in [0.4, 0.5) is 4.79 Å². The number of nitrogens with zero attached hydrogens (tertiary/aromatic N) is 3. The monoisotopic (exact) mass is 793 g/mol. The van der Waals surface area contributed by atoms with Gasteiger partial charge in [-0.15, -0.1) is 0 Å². The van der Waals surface area contributed by atoms with Gasteiger partial charge < -0.3 is 24.8 Å². The molecule has 7 atom stereocenters. The van der Waals surface area contributed by atoms with Gasteiger partial charge in [-0.25, -0.2) is 18.2 Å². The zero-order valence-corrected chi connectivity index (χ0v) is 34.0. The molecule has 3 N–H and O–H groups in total. The van der Waals surface area contributed by atoms with Crippen molar-refractivity contribution in [3.63, 3.8) is 0 Å². The van der Waals surface area contributed by atoms with Crippen LogP contribution in [-0.4, -0.2) is 99.3 Å². The molecule has 14 nitrogen and oxygen atoms in total. The summed E-state index contributed by atoms with van der Waals surface area (Å²) >= 11 is 0. The van der Waals surface area contributed by atoms with Gasteiger partial charge in [-0.2, -0.15) is 0 Å². The van der Waals surface area contributed by atoms with Gasteiger partial charge in [0, 0.05) is 29.3 Å². The van der Waals surface area contributed by atoms with Crippen LogP contribution in [0.2, 0.25) is 0 Å². The molecule has 0 bridgehead atoms. The lowest BCUT2D eigenvalue weighted by Crippen LogP contribution is -2.61. The fraction of sp³-hybridized carbons (Fsp3) is 0.634. The second-order valence-corrected chi connectivity index (χ2v) is 19.1. The lowest BCUT2D eigenvalue weighted by molar-refractivity contribution is -0.146. The number of benzene rings is 1. The van der Waals surface area contributed by atoms with E-state index in [0.717, 1.165) is 29.3 Å². The second-order valence-electron chi connectivity index (χ2n) is 16.9. The summed E-state index contributed by atoms with van der Waals surface area (Å²) in [6.45, 7) is 8.96. The number of aromatic nitrogens is 1. The summed E-state index contributed by atoms with van der Waals surface area (Å²) < 4.78 is 40.3. The maximum absolute atomic E-state index is 15.2. The number of fused-ring (bicyclic) bond motifs is 5. The maximum atomic E-state index is 15.2. The van der Waals surface area contributed by atoms with E-state index in [1.165, 1.54) is 9.80 Å². The third kappa shape index (κ3) is 6.76. The normalized spacial score (nSPS) is 31.0. The number of ether oxygens (including phenoxy) is 2. The smallest absolute Gasteiger partial charge is 0.408 e. The molecular formula is C41H55N5O9S. The zero-order chi connectivity index (χ0) is 40.4. The summed E-state index contributed by atoms with van der Waals surface area (Å²) in [6, 6.07) is 2.29.